The molecule has 1 amide bonds. The number of carbonyl (C=O) groups is 1. The fourth-order valence-corrected chi connectivity index (χ4v) is 5.14. The van der Waals surface area contributed by atoms with Crippen LogP contribution in [0.15, 0.2) is 52.4 Å². The lowest BCUT2D eigenvalue weighted by Gasteiger charge is -2.30. The molecule has 2 heterocycles. The summed E-state index contributed by atoms with van der Waals surface area (Å²) in [5, 5.41) is 0. The van der Waals surface area contributed by atoms with Gasteiger partial charge >= 0.3 is 0 Å². The van der Waals surface area contributed by atoms with Crippen LogP contribution in [0.3, 0.4) is 0 Å². The van der Waals surface area contributed by atoms with Crippen molar-refractivity contribution in [1.29, 1.82) is 0 Å². The summed E-state index contributed by atoms with van der Waals surface area (Å²) in [5.41, 5.74) is 2.99. The fraction of sp³-hybridized carbons (Fsp3) is 0.286. The quantitative estimate of drug-likeness (QED) is 0.719. The normalized spacial score (nSPS) is 18.0. The fourth-order valence-electron chi connectivity index (χ4n) is 3.62. The second-order valence-corrected chi connectivity index (χ2v) is 9.13. The van der Waals surface area contributed by atoms with Gasteiger partial charge < -0.3 is 9.80 Å². The van der Waals surface area contributed by atoms with Gasteiger partial charge in [0.05, 0.1) is 10.6 Å². The Balaban J connectivity index is 1.91. The number of sulfone groups is 1. The van der Waals surface area contributed by atoms with Gasteiger partial charge in [0.15, 0.2) is 4.91 Å². The molecule has 0 radical (unpaired) electrons. The monoisotopic (exact) mass is 400 g/mol. The number of hydrogen-bond donors (Lipinski definition) is 0. The predicted molar refractivity (Wildman–Crippen MR) is 106 cm³/mol. The van der Waals surface area contributed by atoms with E-state index in [0.29, 0.717) is 18.8 Å². The smallest absolute Gasteiger partial charge is 0.267 e. The van der Waals surface area contributed by atoms with Crippen molar-refractivity contribution in [3.63, 3.8) is 0 Å². The molecular weight excluding hydrogens is 379 g/mol. The highest BCUT2D eigenvalue weighted by Crippen LogP contribution is 2.41. The summed E-state index contributed by atoms with van der Waals surface area (Å²) in [6, 6.07) is 9.19. The van der Waals surface area contributed by atoms with E-state index in [1.54, 1.807) is 9.80 Å². The predicted octanol–water partition coefficient (Wildman–Crippen LogP) is 3.83. The van der Waals surface area contributed by atoms with Gasteiger partial charge in [0.25, 0.3) is 5.91 Å². The molecule has 0 saturated carbocycles. The number of nitrogens with zero attached hydrogens (tertiary/aromatic N) is 2. The van der Waals surface area contributed by atoms with E-state index in [2.05, 4.69) is 0 Å². The third-order valence-corrected chi connectivity index (χ3v) is 7.16. The number of anilines is 2. The first-order chi connectivity index (χ1) is 13.3. The van der Waals surface area contributed by atoms with Crippen LogP contribution in [0.2, 0.25) is 0 Å². The molecule has 146 valence electrons. The highest BCUT2D eigenvalue weighted by molar-refractivity contribution is 7.96. The second kappa shape index (κ2) is 6.74. The molecule has 0 atom stereocenters. The molecule has 5 nitrogen and oxygen atoms in total. The van der Waals surface area contributed by atoms with Gasteiger partial charge in [-0.2, -0.15) is 0 Å². The van der Waals surface area contributed by atoms with Gasteiger partial charge in [-0.1, -0.05) is 6.07 Å². The van der Waals surface area contributed by atoms with Crippen LogP contribution >= 0.6 is 0 Å². The third kappa shape index (κ3) is 2.99. The SMILES string of the molecule is Cc1ccc(N2C=C(C(=O)N3CCCC3)S(=O)(=O)c3ccc(F)cc32)cc1C. The highest BCUT2D eigenvalue weighted by Gasteiger charge is 2.38. The molecular formula is C21H21FN2O3S. The zero-order chi connectivity index (χ0) is 20.1. The van der Waals surface area contributed by atoms with Crippen molar-refractivity contribution >= 4 is 27.1 Å². The van der Waals surface area contributed by atoms with E-state index in [4.69, 9.17) is 0 Å². The van der Waals surface area contributed by atoms with Crippen LogP contribution in [0.25, 0.3) is 0 Å². The lowest BCUT2D eigenvalue weighted by atomic mass is 10.1. The first kappa shape index (κ1) is 18.7. The topological polar surface area (TPSA) is 57.7 Å². The van der Waals surface area contributed by atoms with Crippen molar-refractivity contribution in [2.24, 2.45) is 0 Å². The van der Waals surface area contributed by atoms with Gasteiger partial charge in [0, 0.05) is 25.0 Å². The number of rotatable bonds is 2. The van der Waals surface area contributed by atoms with Crippen LogP contribution < -0.4 is 4.90 Å². The molecule has 0 spiro atoms. The van der Waals surface area contributed by atoms with Gasteiger partial charge in [-0.25, -0.2) is 12.8 Å². The second-order valence-electron chi connectivity index (χ2n) is 7.25. The molecule has 2 aliphatic heterocycles. The molecule has 2 aromatic rings. The van der Waals surface area contributed by atoms with Crippen molar-refractivity contribution in [1.82, 2.24) is 4.90 Å². The maximum Gasteiger partial charge on any atom is 0.267 e. The summed E-state index contributed by atoms with van der Waals surface area (Å²) < 4.78 is 40.3. The number of halogens is 1. The van der Waals surface area contributed by atoms with Gasteiger partial charge in [-0.3, -0.25) is 4.79 Å². The number of carbonyl (C=O) groups excluding carboxylic acids is 1. The number of aryl methyl sites for hydroxylation is 2. The molecule has 0 aromatic heterocycles. The van der Waals surface area contributed by atoms with Crippen molar-refractivity contribution in [2.45, 2.75) is 31.6 Å². The molecule has 0 bridgehead atoms. The maximum absolute atomic E-state index is 14.0. The van der Waals surface area contributed by atoms with Gasteiger partial charge in [-0.05, 0) is 68.1 Å². The lowest BCUT2D eigenvalue weighted by molar-refractivity contribution is -0.125. The van der Waals surface area contributed by atoms with E-state index in [1.807, 2.05) is 32.0 Å². The number of likely N-dealkylation sites (tertiary alicyclic amines) is 1. The van der Waals surface area contributed by atoms with Gasteiger partial charge in [0.1, 0.15) is 5.82 Å². The number of amides is 1. The minimum atomic E-state index is -4.03. The molecule has 2 aliphatic rings. The minimum Gasteiger partial charge on any atom is -0.338 e. The Hall–Kier alpha value is -2.67. The average Bonchev–Trinajstić information content (AvgIpc) is 3.18. The first-order valence-electron chi connectivity index (χ1n) is 9.21. The third-order valence-electron chi connectivity index (χ3n) is 5.38. The van der Waals surface area contributed by atoms with E-state index in [9.17, 15) is 17.6 Å². The van der Waals surface area contributed by atoms with Crippen LogP contribution in [-0.4, -0.2) is 32.3 Å². The summed E-state index contributed by atoms with van der Waals surface area (Å²) >= 11 is 0. The number of hydrogen-bond acceptors (Lipinski definition) is 4. The molecule has 28 heavy (non-hydrogen) atoms. The lowest BCUT2D eigenvalue weighted by Crippen LogP contribution is -2.35. The van der Waals surface area contributed by atoms with Crippen LogP contribution in [0.1, 0.15) is 24.0 Å². The van der Waals surface area contributed by atoms with Crippen LogP contribution in [0.4, 0.5) is 15.8 Å². The number of fused-ring (bicyclic) bond motifs is 1. The number of benzene rings is 2. The standard InChI is InChI=1S/C21H21FN2O3S/c1-14-5-7-17(11-15(14)2)24-13-20(21(25)23-9-3-4-10-23)28(26,27)19-8-6-16(22)12-18(19)24/h5-8,11-13H,3-4,9-10H2,1-2H3. The van der Waals surface area contributed by atoms with Gasteiger partial charge in [0.2, 0.25) is 9.84 Å². The van der Waals surface area contributed by atoms with E-state index < -0.39 is 21.6 Å². The highest BCUT2D eigenvalue weighted by atomic mass is 32.2. The van der Waals surface area contributed by atoms with Crippen molar-refractivity contribution in [3.05, 3.63) is 64.4 Å². The Morgan fingerprint density at radius 1 is 1.00 bits per heavy atom. The Kier molecular flexibility index (Phi) is 4.50. The Morgan fingerprint density at radius 2 is 1.71 bits per heavy atom. The summed E-state index contributed by atoms with van der Waals surface area (Å²) in [6.45, 7) is 5.02. The minimum absolute atomic E-state index is 0.0582. The summed E-state index contributed by atoms with van der Waals surface area (Å²) in [5.74, 6) is -1.04. The largest absolute Gasteiger partial charge is 0.338 e. The molecule has 7 heteroatoms. The van der Waals surface area contributed by atoms with E-state index in [0.717, 1.165) is 30.0 Å². The molecule has 0 N–H and O–H groups in total. The molecule has 1 saturated heterocycles. The van der Waals surface area contributed by atoms with E-state index >= 15 is 0 Å². The van der Waals surface area contributed by atoms with E-state index in [1.165, 1.54) is 18.3 Å². The zero-order valence-electron chi connectivity index (χ0n) is 15.8. The van der Waals surface area contributed by atoms with Crippen molar-refractivity contribution in [3.8, 4) is 0 Å². The van der Waals surface area contributed by atoms with Crippen molar-refractivity contribution in [2.75, 3.05) is 18.0 Å². The van der Waals surface area contributed by atoms with Gasteiger partial charge in [-0.15, -0.1) is 0 Å². The summed E-state index contributed by atoms with van der Waals surface area (Å²) in [4.78, 5) is 15.8. The van der Waals surface area contributed by atoms with Crippen LogP contribution in [-0.2, 0) is 14.6 Å². The molecule has 1 fully saturated rings. The molecule has 0 aliphatic carbocycles. The molecule has 2 aromatic carbocycles. The first-order valence-corrected chi connectivity index (χ1v) is 10.7. The summed E-state index contributed by atoms with van der Waals surface area (Å²) in [7, 11) is -4.03. The van der Waals surface area contributed by atoms with Crippen LogP contribution in [0, 0.1) is 19.7 Å². The van der Waals surface area contributed by atoms with Crippen LogP contribution in [0.5, 0.6) is 0 Å². The van der Waals surface area contributed by atoms with E-state index in [-0.39, 0.29) is 15.5 Å². The summed E-state index contributed by atoms with van der Waals surface area (Å²) in [6.07, 6.45) is 3.06. The zero-order valence-corrected chi connectivity index (χ0v) is 16.6. The molecule has 0 unspecified atom stereocenters. The maximum atomic E-state index is 14.0. The van der Waals surface area contributed by atoms with Crippen molar-refractivity contribution < 1.29 is 17.6 Å². The molecule has 4 rings (SSSR count). The average molecular weight is 400 g/mol. The Bertz CT molecular complexity index is 1100. The Morgan fingerprint density at radius 3 is 2.39 bits per heavy atom. The Labute approximate surface area is 164 Å².